The lowest BCUT2D eigenvalue weighted by molar-refractivity contribution is -0.154. The van der Waals surface area contributed by atoms with Gasteiger partial charge in [-0.25, -0.2) is 9.78 Å². The molecular weight excluding hydrogens is 354 g/mol. The van der Waals surface area contributed by atoms with E-state index in [0.717, 1.165) is 28.1 Å². The van der Waals surface area contributed by atoms with E-state index in [9.17, 15) is 9.59 Å². The molecule has 0 aliphatic carbocycles. The van der Waals surface area contributed by atoms with E-state index in [4.69, 9.17) is 4.74 Å². The van der Waals surface area contributed by atoms with Crippen LogP contribution in [0, 0.1) is 5.41 Å². The molecule has 1 amide bonds. The van der Waals surface area contributed by atoms with Gasteiger partial charge in [0.2, 0.25) is 5.95 Å². The summed E-state index contributed by atoms with van der Waals surface area (Å²) in [5.41, 5.74) is 1.63. The number of H-pyrrole nitrogens is 1. The number of thioether (sulfide) groups is 1. The van der Waals surface area contributed by atoms with Gasteiger partial charge in [-0.05, 0) is 45.1 Å². The third kappa shape index (κ3) is 5.14. The predicted octanol–water partition coefficient (Wildman–Crippen LogP) is 4.33. The first-order chi connectivity index (χ1) is 12.2. The summed E-state index contributed by atoms with van der Waals surface area (Å²) in [4.78, 5) is 32.0. The number of anilines is 1. The van der Waals surface area contributed by atoms with Gasteiger partial charge in [0.15, 0.2) is 0 Å². The predicted molar refractivity (Wildman–Crippen MR) is 102 cm³/mol. The molecule has 0 radical (unpaired) electrons. The molecule has 2 rings (SSSR count). The standard InChI is InChI=1S/C18H25N3O4S/c1-6-7-26-12-8-11(10-25-15(22)18(2,3)4)14-13(9-12)19-16(20-14)21-17(23)24-5/h8-9H,6-7,10H2,1-5H3,(H2,19,20,21,23). The smallest absolute Gasteiger partial charge is 0.413 e. The summed E-state index contributed by atoms with van der Waals surface area (Å²) in [6.07, 6.45) is 0.445. The van der Waals surface area contributed by atoms with Gasteiger partial charge in [-0.3, -0.25) is 10.1 Å². The molecule has 1 aromatic heterocycles. The number of nitrogens with one attached hydrogen (secondary N) is 2. The fourth-order valence-electron chi connectivity index (χ4n) is 2.14. The van der Waals surface area contributed by atoms with Gasteiger partial charge in [-0.15, -0.1) is 11.8 Å². The van der Waals surface area contributed by atoms with Gasteiger partial charge < -0.3 is 14.5 Å². The van der Waals surface area contributed by atoms with Crippen molar-refractivity contribution in [3.8, 4) is 0 Å². The zero-order chi connectivity index (χ0) is 19.3. The molecule has 142 valence electrons. The molecule has 1 aromatic carbocycles. The van der Waals surface area contributed by atoms with Gasteiger partial charge in [-0.2, -0.15) is 0 Å². The highest BCUT2D eigenvalue weighted by molar-refractivity contribution is 7.99. The van der Waals surface area contributed by atoms with Crippen molar-refractivity contribution in [2.24, 2.45) is 5.41 Å². The van der Waals surface area contributed by atoms with Crippen LogP contribution in [0.1, 0.15) is 39.7 Å². The van der Waals surface area contributed by atoms with E-state index in [1.165, 1.54) is 7.11 Å². The first-order valence-electron chi connectivity index (χ1n) is 8.42. The molecule has 0 fully saturated rings. The molecule has 0 saturated heterocycles. The molecular formula is C18H25N3O4S. The van der Waals surface area contributed by atoms with Crippen LogP contribution in [-0.4, -0.2) is 34.9 Å². The molecule has 26 heavy (non-hydrogen) atoms. The number of carbonyl (C=O) groups is 2. The lowest BCUT2D eigenvalue weighted by Crippen LogP contribution is -2.22. The minimum Gasteiger partial charge on any atom is -0.460 e. The number of fused-ring (bicyclic) bond motifs is 1. The van der Waals surface area contributed by atoms with Gasteiger partial charge in [-0.1, -0.05) is 6.92 Å². The lowest BCUT2D eigenvalue weighted by atomic mass is 9.97. The van der Waals surface area contributed by atoms with Crippen molar-refractivity contribution in [2.45, 2.75) is 45.6 Å². The maximum atomic E-state index is 12.1. The molecule has 0 unspecified atom stereocenters. The maximum absolute atomic E-state index is 12.1. The lowest BCUT2D eigenvalue weighted by Gasteiger charge is -2.17. The minimum absolute atomic E-state index is 0.121. The molecule has 0 aliphatic rings. The number of amides is 1. The number of aromatic nitrogens is 2. The Labute approximate surface area is 157 Å². The van der Waals surface area contributed by atoms with Gasteiger partial charge in [0.05, 0.1) is 23.6 Å². The van der Waals surface area contributed by atoms with Crippen LogP contribution in [0.5, 0.6) is 0 Å². The number of ether oxygens (including phenoxy) is 2. The van der Waals surface area contributed by atoms with E-state index in [1.54, 1.807) is 11.8 Å². The quantitative estimate of drug-likeness (QED) is 0.573. The third-order valence-electron chi connectivity index (χ3n) is 3.49. The Balaban J connectivity index is 2.33. The minimum atomic E-state index is -0.606. The van der Waals surface area contributed by atoms with Gasteiger partial charge in [0.25, 0.3) is 0 Å². The number of aromatic amines is 1. The number of carbonyl (C=O) groups excluding carboxylic acids is 2. The van der Waals surface area contributed by atoms with E-state index in [1.807, 2.05) is 32.9 Å². The highest BCUT2D eigenvalue weighted by Crippen LogP contribution is 2.28. The Bertz CT molecular complexity index is 796. The molecule has 0 bridgehead atoms. The summed E-state index contributed by atoms with van der Waals surface area (Å²) in [7, 11) is 1.29. The largest absolute Gasteiger partial charge is 0.460 e. The number of benzene rings is 1. The third-order valence-corrected chi connectivity index (χ3v) is 4.67. The number of rotatable bonds is 6. The Hall–Kier alpha value is -2.22. The topological polar surface area (TPSA) is 93.3 Å². The number of hydrogen-bond acceptors (Lipinski definition) is 6. The second-order valence-electron chi connectivity index (χ2n) is 6.86. The van der Waals surface area contributed by atoms with Gasteiger partial charge in [0.1, 0.15) is 6.61 Å². The van der Waals surface area contributed by atoms with Crippen LogP contribution in [-0.2, 0) is 20.9 Å². The highest BCUT2D eigenvalue weighted by atomic mass is 32.2. The average Bonchev–Trinajstić information content (AvgIpc) is 2.98. The van der Waals surface area contributed by atoms with Crippen molar-refractivity contribution in [3.05, 3.63) is 17.7 Å². The van der Waals surface area contributed by atoms with E-state index >= 15 is 0 Å². The van der Waals surface area contributed by atoms with Crippen LogP contribution in [0.15, 0.2) is 17.0 Å². The van der Waals surface area contributed by atoms with Crippen LogP contribution in [0.2, 0.25) is 0 Å². The second kappa shape index (κ2) is 8.44. The summed E-state index contributed by atoms with van der Waals surface area (Å²) in [6, 6.07) is 3.95. The van der Waals surface area contributed by atoms with Crippen LogP contribution < -0.4 is 5.32 Å². The normalized spacial score (nSPS) is 11.4. The van der Waals surface area contributed by atoms with E-state index in [0.29, 0.717) is 5.52 Å². The Morgan fingerprint density at radius 3 is 2.65 bits per heavy atom. The van der Waals surface area contributed by atoms with Crippen LogP contribution >= 0.6 is 11.8 Å². The molecule has 8 heteroatoms. The van der Waals surface area contributed by atoms with E-state index < -0.39 is 11.5 Å². The number of esters is 1. The molecule has 1 heterocycles. The van der Waals surface area contributed by atoms with E-state index in [-0.39, 0.29) is 18.5 Å². The summed E-state index contributed by atoms with van der Waals surface area (Å²) in [5.74, 6) is 0.988. The van der Waals surface area contributed by atoms with Crippen LogP contribution in [0.3, 0.4) is 0 Å². The first-order valence-corrected chi connectivity index (χ1v) is 9.40. The van der Waals surface area contributed by atoms with Crippen molar-refractivity contribution >= 4 is 40.8 Å². The van der Waals surface area contributed by atoms with Gasteiger partial charge in [0, 0.05) is 10.5 Å². The Morgan fingerprint density at radius 2 is 2.04 bits per heavy atom. The number of methoxy groups -OCH3 is 1. The fraction of sp³-hybridized carbons (Fsp3) is 0.500. The summed E-state index contributed by atoms with van der Waals surface area (Å²) in [5, 5.41) is 2.52. The second-order valence-corrected chi connectivity index (χ2v) is 8.02. The van der Waals surface area contributed by atoms with Gasteiger partial charge >= 0.3 is 12.1 Å². The van der Waals surface area contributed by atoms with Crippen LogP contribution in [0.25, 0.3) is 11.0 Å². The Morgan fingerprint density at radius 1 is 1.31 bits per heavy atom. The first kappa shape index (κ1) is 20.1. The molecule has 2 aromatic rings. The zero-order valence-electron chi connectivity index (χ0n) is 15.8. The molecule has 0 aliphatic heterocycles. The molecule has 0 atom stereocenters. The molecule has 2 N–H and O–H groups in total. The molecule has 7 nitrogen and oxygen atoms in total. The molecule has 0 spiro atoms. The number of nitrogens with zero attached hydrogens (tertiary/aromatic N) is 1. The van der Waals surface area contributed by atoms with Crippen LogP contribution in [0.4, 0.5) is 10.7 Å². The molecule has 0 saturated carbocycles. The van der Waals surface area contributed by atoms with Crippen molar-refractivity contribution in [2.75, 3.05) is 18.2 Å². The number of hydrogen-bond donors (Lipinski definition) is 2. The van der Waals surface area contributed by atoms with Crippen molar-refractivity contribution in [3.63, 3.8) is 0 Å². The van der Waals surface area contributed by atoms with Crippen molar-refractivity contribution in [1.82, 2.24) is 9.97 Å². The monoisotopic (exact) mass is 379 g/mol. The number of imidazole rings is 1. The summed E-state index contributed by atoms with van der Waals surface area (Å²) < 4.78 is 10.0. The Kier molecular flexibility index (Phi) is 6.52. The van der Waals surface area contributed by atoms with Crippen molar-refractivity contribution in [1.29, 1.82) is 0 Å². The maximum Gasteiger partial charge on any atom is 0.413 e. The van der Waals surface area contributed by atoms with E-state index in [2.05, 4.69) is 26.9 Å². The fourth-order valence-corrected chi connectivity index (χ4v) is 3.01. The average molecular weight is 379 g/mol. The SMILES string of the molecule is CCCSc1cc(COC(=O)C(C)(C)C)c2nc(NC(=O)OC)[nH]c2c1. The highest BCUT2D eigenvalue weighted by Gasteiger charge is 2.23. The summed E-state index contributed by atoms with van der Waals surface area (Å²) in [6.45, 7) is 7.67. The zero-order valence-corrected chi connectivity index (χ0v) is 16.6. The summed E-state index contributed by atoms with van der Waals surface area (Å²) >= 11 is 1.72. The van der Waals surface area contributed by atoms with Crippen molar-refractivity contribution < 1.29 is 19.1 Å².